The van der Waals surface area contributed by atoms with Gasteiger partial charge in [-0.3, -0.25) is 13.7 Å². The van der Waals surface area contributed by atoms with Gasteiger partial charge in [-0.15, -0.1) is 5.11 Å². The molecule has 2 heterocycles. The number of fused-ring (bicyclic) bond motifs is 2. The molecule has 1 aromatic heterocycles. The van der Waals surface area contributed by atoms with Crippen molar-refractivity contribution in [2.45, 2.75) is 72.3 Å². The molecule has 1 fully saturated rings. The van der Waals surface area contributed by atoms with Crippen LogP contribution in [0.4, 0.5) is 29.0 Å². The first kappa shape index (κ1) is 41.3. The molecule has 22 heteroatoms. The van der Waals surface area contributed by atoms with E-state index in [0.717, 1.165) is 43.2 Å². The summed E-state index contributed by atoms with van der Waals surface area (Å²) in [7, 11) is -15.0. The quantitative estimate of drug-likeness (QED) is 0.0426. The Balaban J connectivity index is 1.39. The third kappa shape index (κ3) is 9.44. The standard InChI is InChI=1S/C35H38N8O11S3/c1-6-12-54-33-39-31(38-32(40-33)37-22-17-34(2,3)43-35(4,5)18-22)36-20-10-11-23-19(13-20)14-28(57(51,52)53)29(30(23)44)42-41-21-15-25-24(27(16-21)56(48,49)50)8-7-9-26(25)55(45,46)47/h6-11,13-16,22,43-44H,1,12,17-18H2,2-5H3,(H,45,46,47)(H,48,49,50)(H,51,52,53)(H2,36,37,38,39,40). The second-order valence-electron chi connectivity index (χ2n) is 14.6. The Labute approximate surface area is 327 Å². The molecule has 0 spiro atoms. The van der Waals surface area contributed by atoms with Crippen LogP contribution < -0.4 is 20.7 Å². The van der Waals surface area contributed by atoms with E-state index in [1.807, 2.05) is 0 Å². The third-order valence-electron chi connectivity index (χ3n) is 8.78. The summed E-state index contributed by atoms with van der Waals surface area (Å²) in [4.78, 5) is 10.8. The normalized spacial score (nSPS) is 16.2. The van der Waals surface area contributed by atoms with Crippen molar-refractivity contribution in [3.8, 4) is 11.8 Å². The van der Waals surface area contributed by atoms with Gasteiger partial charge in [-0.05, 0) is 88.4 Å². The molecule has 0 amide bonds. The number of anilines is 3. The highest BCUT2D eigenvalue weighted by Crippen LogP contribution is 2.43. The molecule has 0 radical (unpaired) electrons. The van der Waals surface area contributed by atoms with E-state index in [-0.39, 0.29) is 63.2 Å². The van der Waals surface area contributed by atoms with Crippen LogP contribution in [0.2, 0.25) is 0 Å². The van der Waals surface area contributed by atoms with Crippen LogP contribution >= 0.6 is 0 Å². The molecule has 1 saturated heterocycles. The predicted molar refractivity (Wildman–Crippen MR) is 210 cm³/mol. The zero-order chi connectivity index (χ0) is 41.7. The minimum atomic E-state index is -5.12. The highest BCUT2D eigenvalue weighted by atomic mass is 32.2. The Morgan fingerprint density at radius 2 is 1.46 bits per heavy atom. The molecule has 0 saturated carbocycles. The van der Waals surface area contributed by atoms with Crippen molar-refractivity contribution < 1.29 is 48.8 Å². The number of phenols is 1. The van der Waals surface area contributed by atoms with Crippen molar-refractivity contribution in [1.82, 2.24) is 20.3 Å². The van der Waals surface area contributed by atoms with Gasteiger partial charge in [-0.25, -0.2) is 0 Å². The molecular weight excluding hydrogens is 805 g/mol. The van der Waals surface area contributed by atoms with Crippen LogP contribution in [-0.2, 0) is 30.4 Å². The maximum atomic E-state index is 12.6. The van der Waals surface area contributed by atoms with E-state index in [1.54, 1.807) is 0 Å². The zero-order valence-electron chi connectivity index (χ0n) is 30.8. The lowest BCUT2D eigenvalue weighted by molar-refractivity contribution is 0.170. The van der Waals surface area contributed by atoms with E-state index in [4.69, 9.17) is 4.74 Å². The summed E-state index contributed by atoms with van der Waals surface area (Å²) in [6.45, 7) is 12.2. The Hall–Kier alpha value is -5.36. The number of piperidine rings is 1. The summed E-state index contributed by atoms with van der Waals surface area (Å²) >= 11 is 0. The lowest BCUT2D eigenvalue weighted by atomic mass is 9.80. The first-order chi connectivity index (χ1) is 26.4. The van der Waals surface area contributed by atoms with Gasteiger partial charge in [-0.1, -0.05) is 24.8 Å². The monoisotopic (exact) mass is 842 g/mol. The number of hydrogen-bond acceptors (Lipinski definition) is 16. The molecule has 4 aromatic carbocycles. The second-order valence-corrected chi connectivity index (χ2v) is 18.7. The lowest BCUT2D eigenvalue weighted by Gasteiger charge is -2.46. The molecule has 5 aromatic rings. The van der Waals surface area contributed by atoms with Gasteiger partial charge in [0.15, 0.2) is 5.75 Å². The topological polar surface area (TPSA) is 292 Å². The fourth-order valence-corrected chi connectivity index (χ4v) is 9.13. The molecular formula is C35H38N8O11S3. The number of aromatic nitrogens is 3. The molecule has 0 unspecified atom stereocenters. The average Bonchev–Trinajstić information content (AvgIpc) is 3.06. The van der Waals surface area contributed by atoms with Gasteiger partial charge in [0.05, 0.1) is 5.69 Å². The van der Waals surface area contributed by atoms with Crippen molar-refractivity contribution in [3.05, 3.63) is 67.3 Å². The summed E-state index contributed by atoms with van der Waals surface area (Å²) in [6, 6.07) is 10.4. The number of ether oxygens (including phenoxy) is 1. The van der Waals surface area contributed by atoms with Gasteiger partial charge in [0.1, 0.15) is 27.0 Å². The summed E-state index contributed by atoms with van der Waals surface area (Å²) in [6.07, 6.45) is 3.06. The van der Waals surface area contributed by atoms with Crippen molar-refractivity contribution in [2.75, 3.05) is 17.2 Å². The van der Waals surface area contributed by atoms with E-state index in [0.29, 0.717) is 5.69 Å². The van der Waals surface area contributed by atoms with Gasteiger partial charge < -0.3 is 25.8 Å². The fourth-order valence-electron chi connectivity index (χ4n) is 7.05. The molecule has 6 rings (SSSR count). The number of azo groups is 1. The summed E-state index contributed by atoms with van der Waals surface area (Å²) in [5.41, 5.74) is -1.23. The van der Waals surface area contributed by atoms with E-state index in [1.165, 1.54) is 30.3 Å². The lowest BCUT2D eigenvalue weighted by Crippen LogP contribution is -2.60. The number of hydrogen-bond donors (Lipinski definition) is 7. The number of rotatable bonds is 12. The van der Waals surface area contributed by atoms with Gasteiger partial charge in [0.2, 0.25) is 11.9 Å². The maximum Gasteiger partial charge on any atom is 0.323 e. The molecule has 1 aliphatic heterocycles. The van der Waals surface area contributed by atoms with Crippen molar-refractivity contribution >= 4 is 80.9 Å². The average molecular weight is 843 g/mol. The minimum absolute atomic E-state index is 0.00576. The van der Waals surface area contributed by atoms with Crippen LogP contribution in [0, 0.1) is 0 Å². The zero-order valence-corrected chi connectivity index (χ0v) is 33.2. The molecule has 0 atom stereocenters. The van der Waals surface area contributed by atoms with E-state index >= 15 is 0 Å². The summed E-state index contributed by atoms with van der Waals surface area (Å²) in [5, 5.41) is 28.4. The maximum absolute atomic E-state index is 12.6. The fraction of sp³-hybridized carbons (Fsp3) is 0.286. The second kappa shape index (κ2) is 14.9. The van der Waals surface area contributed by atoms with Gasteiger partial charge in [0, 0.05) is 39.0 Å². The highest BCUT2D eigenvalue weighted by molar-refractivity contribution is 7.86. The van der Waals surface area contributed by atoms with Crippen LogP contribution in [0.5, 0.6) is 11.8 Å². The van der Waals surface area contributed by atoms with E-state index < -0.39 is 62.2 Å². The van der Waals surface area contributed by atoms with Crippen molar-refractivity contribution in [3.63, 3.8) is 0 Å². The third-order valence-corrected chi connectivity index (χ3v) is 11.5. The Kier molecular flexibility index (Phi) is 10.8. The Morgan fingerprint density at radius 1 is 0.807 bits per heavy atom. The molecule has 57 heavy (non-hydrogen) atoms. The van der Waals surface area contributed by atoms with Crippen molar-refractivity contribution in [1.29, 1.82) is 0 Å². The largest absolute Gasteiger partial charge is 0.505 e. The van der Waals surface area contributed by atoms with E-state index in [9.17, 15) is 44.0 Å². The van der Waals surface area contributed by atoms with Gasteiger partial charge in [-0.2, -0.15) is 45.3 Å². The summed E-state index contributed by atoms with van der Waals surface area (Å²) < 4.78 is 109. The van der Waals surface area contributed by atoms with Crippen LogP contribution in [0.25, 0.3) is 21.5 Å². The number of phenolic OH excluding ortho intramolecular Hbond substituents is 1. The van der Waals surface area contributed by atoms with Gasteiger partial charge in [0.25, 0.3) is 30.4 Å². The SMILES string of the molecule is C=CCOc1nc(Nc2ccc3c(O)c(N=Nc4cc(S(=O)(=O)O)c5cccc(S(=O)(=O)O)c5c4)c(S(=O)(=O)O)cc3c2)nc(NC2CC(C)(C)NC(C)(C)C2)n1. The molecule has 7 N–H and O–H groups in total. The van der Waals surface area contributed by atoms with E-state index in [2.05, 4.69) is 75.4 Å². The molecule has 0 aliphatic carbocycles. The predicted octanol–water partition coefficient (Wildman–Crippen LogP) is 6.07. The Morgan fingerprint density at radius 3 is 2.09 bits per heavy atom. The number of benzene rings is 4. The molecule has 302 valence electrons. The minimum Gasteiger partial charge on any atom is -0.505 e. The van der Waals surface area contributed by atoms with Crippen LogP contribution in [0.1, 0.15) is 40.5 Å². The number of nitrogens with zero attached hydrogens (tertiary/aromatic N) is 5. The number of aromatic hydroxyl groups is 1. The van der Waals surface area contributed by atoms with Crippen LogP contribution in [-0.4, -0.2) is 82.7 Å². The molecule has 0 bridgehead atoms. The molecule has 1 aliphatic rings. The Bertz CT molecular complexity index is 2800. The smallest absolute Gasteiger partial charge is 0.323 e. The highest BCUT2D eigenvalue weighted by Gasteiger charge is 2.38. The molecule has 19 nitrogen and oxygen atoms in total. The first-order valence-corrected chi connectivity index (χ1v) is 21.3. The van der Waals surface area contributed by atoms with Crippen LogP contribution in [0.15, 0.2) is 92.2 Å². The first-order valence-electron chi connectivity index (χ1n) is 17.0. The summed E-state index contributed by atoms with van der Waals surface area (Å²) in [5.74, 6) is -0.472. The van der Waals surface area contributed by atoms with Crippen LogP contribution in [0.3, 0.4) is 0 Å². The van der Waals surface area contributed by atoms with Crippen molar-refractivity contribution in [2.24, 2.45) is 10.2 Å². The van der Waals surface area contributed by atoms with Gasteiger partial charge >= 0.3 is 6.01 Å². The number of nitrogens with one attached hydrogen (secondary N) is 3.